The van der Waals surface area contributed by atoms with Crippen LogP contribution in [-0.4, -0.2) is 62.3 Å². The molecule has 30 heavy (non-hydrogen) atoms. The van der Waals surface area contributed by atoms with E-state index in [2.05, 4.69) is 12.2 Å². The minimum atomic E-state index is -0.0243. The van der Waals surface area contributed by atoms with Gasteiger partial charge in [-0.15, -0.1) is 0 Å². The summed E-state index contributed by atoms with van der Waals surface area (Å²) in [5.74, 6) is 0.842. The number of nitrogens with one attached hydrogen (secondary N) is 1. The molecule has 1 N–H and O–H groups in total. The third-order valence-electron chi connectivity index (χ3n) is 5.88. The maximum atomic E-state index is 13.3. The predicted octanol–water partition coefficient (Wildman–Crippen LogP) is 3.35. The van der Waals surface area contributed by atoms with Crippen LogP contribution in [0.1, 0.15) is 45.1 Å². The molecule has 7 nitrogen and oxygen atoms in total. The fourth-order valence-corrected chi connectivity index (χ4v) is 4.03. The second kappa shape index (κ2) is 10.7. The van der Waals surface area contributed by atoms with Gasteiger partial charge in [0, 0.05) is 38.8 Å². The van der Waals surface area contributed by atoms with Gasteiger partial charge in [-0.25, -0.2) is 4.79 Å². The summed E-state index contributed by atoms with van der Waals surface area (Å²) in [7, 11) is 0. The molecule has 0 spiro atoms. The standard InChI is InChI=1S/C23H35N3O4/c1-4-19-16-26(20-15-17(3)7-8-21(20)30-19)23(28)25-12-9-18(10-13-25)22(27)24-11-6-14-29-5-2/h7-8,15,18-19H,4-6,9-14,16H2,1-3H3,(H,24,27)/t19-/m1/s1. The molecule has 1 fully saturated rings. The van der Waals surface area contributed by atoms with E-state index in [1.807, 2.05) is 41.8 Å². The lowest BCUT2D eigenvalue weighted by molar-refractivity contribution is -0.126. The monoisotopic (exact) mass is 417 g/mol. The number of ether oxygens (including phenoxy) is 2. The summed E-state index contributed by atoms with van der Waals surface area (Å²) in [5.41, 5.74) is 1.95. The number of carbonyl (C=O) groups excluding carboxylic acids is 2. The highest BCUT2D eigenvalue weighted by Crippen LogP contribution is 2.36. The first-order valence-electron chi connectivity index (χ1n) is 11.2. The minimum Gasteiger partial charge on any atom is -0.486 e. The van der Waals surface area contributed by atoms with E-state index in [4.69, 9.17) is 9.47 Å². The molecule has 0 saturated carbocycles. The van der Waals surface area contributed by atoms with Crippen LogP contribution >= 0.6 is 0 Å². The topological polar surface area (TPSA) is 71.1 Å². The summed E-state index contributed by atoms with van der Waals surface area (Å²) in [5, 5.41) is 3.00. The fraction of sp³-hybridized carbons (Fsp3) is 0.652. The summed E-state index contributed by atoms with van der Waals surface area (Å²) in [6.07, 6.45) is 3.08. The van der Waals surface area contributed by atoms with Gasteiger partial charge >= 0.3 is 6.03 Å². The summed E-state index contributed by atoms with van der Waals surface area (Å²) in [4.78, 5) is 29.5. The smallest absolute Gasteiger partial charge is 0.324 e. The highest BCUT2D eigenvalue weighted by Gasteiger charge is 2.34. The van der Waals surface area contributed by atoms with Crippen LogP contribution in [0.25, 0.3) is 0 Å². The lowest BCUT2D eigenvalue weighted by atomic mass is 9.96. The number of aryl methyl sites for hydroxylation is 1. The van der Waals surface area contributed by atoms with E-state index < -0.39 is 0 Å². The number of hydrogen-bond acceptors (Lipinski definition) is 4. The zero-order valence-corrected chi connectivity index (χ0v) is 18.5. The molecule has 1 aromatic carbocycles. The Morgan fingerprint density at radius 3 is 2.70 bits per heavy atom. The molecule has 2 heterocycles. The summed E-state index contributed by atoms with van der Waals surface area (Å²) >= 11 is 0. The molecule has 2 aliphatic rings. The van der Waals surface area contributed by atoms with Gasteiger partial charge in [0.2, 0.25) is 5.91 Å². The summed E-state index contributed by atoms with van der Waals surface area (Å²) in [6.45, 7) is 9.84. The van der Waals surface area contributed by atoms with Crippen molar-refractivity contribution < 1.29 is 19.1 Å². The normalized spacial score (nSPS) is 19.2. The largest absolute Gasteiger partial charge is 0.486 e. The number of fused-ring (bicyclic) bond motifs is 1. The van der Waals surface area contributed by atoms with E-state index in [0.717, 1.165) is 29.8 Å². The molecule has 1 saturated heterocycles. The molecule has 166 valence electrons. The molecular weight excluding hydrogens is 382 g/mol. The number of anilines is 1. The molecule has 3 amide bonds. The second-order valence-electron chi connectivity index (χ2n) is 8.12. The van der Waals surface area contributed by atoms with Gasteiger partial charge in [-0.1, -0.05) is 13.0 Å². The molecule has 0 aromatic heterocycles. The van der Waals surface area contributed by atoms with Crippen molar-refractivity contribution in [1.82, 2.24) is 10.2 Å². The van der Waals surface area contributed by atoms with Crippen molar-refractivity contribution >= 4 is 17.6 Å². The van der Waals surface area contributed by atoms with Gasteiger partial charge in [0.1, 0.15) is 11.9 Å². The number of likely N-dealkylation sites (tertiary alicyclic amines) is 1. The SMILES string of the molecule is CCOCCCNC(=O)C1CCN(C(=O)N2C[C@@H](CC)Oc3ccc(C)cc32)CC1. The molecule has 1 atom stereocenters. The van der Waals surface area contributed by atoms with Gasteiger partial charge in [0.05, 0.1) is 12.2 Å². The van der Waals surface area contributed by atoms with Gasteiger partial charge in [0.15, 0.2) is 0 Å². The van der Waals surface area contributed by atoms with Crippen LogP contribution in [0.15, 0.2) is 18.2 Å². The number of hydrogen-bond donors (Lipinski definition) is 1. The van der Waals surface area contributed by atoms with Crippen molar-refractivity contribution in [3.8, 4) is 5.75 Å². The Hall–Kier alpha value is -2.28. The van der Waals surface area contributed by atoms with Crippen molar-refractivity contribution in [1.29, 1.82) is 0 Å². The molecule has 2 aliphatic heterocycles. The van der Waals surface area contributed by atoms with E-state index in [0.29, 0.717) is 52.2 Å². The van der Waals surface area contributed by atoms with Crippen LogP contribution in [0, 0.1) is 12.8 Å². The number of carbonyl (C=O) groups is 2. The van der Waals surface area contributed by atoms with Crippen LogP contribution in [0.5, 0.6) is 5.75 Å². The van der Waals surface area contributed by atoms with E-state index >= 15 is 0 Å². The quantitative estimate of drug-likeness (QED) is 0.691. The Morgan fingerprint density at radius 1 is 1.23 bits per heavy atom. The van der Waals surface area contributed by atoms with Crippen LogP contribution < -0.4 is 15.0 Å². The van der Waals surface area contributed by atoms with Gasteiger partial charge in [-0.2, -0.15) is 0 Å². The van der Waals surface area contributed by atoms with Gasteiger partial charge in [-0.3, -0.25) is 9.69 Å². The summed E-state index contributed by atoms with van der Waals surface area (Å²) < 4.78 is 11.3. The first-order valence-corrected chi connectivity index (χ1v) is 11.2. The first kappa shape index (κ1) is 22.4. The zero-order chi connectivity index (χ0) is 21.5. The van der Waals surface area contributed by atoms with Crippen molar-refractivity contribution in [3.63, 3.8) is 0 Å². The number of piperidine rings is 1. The average molecular weight is 418 g/mol. The molecule has 1 aromatic rings. The third kappa shape index (κ3) is 5.45. The summed E-state index contributed by atoms with van der Waals surface area (Å²) in [6, 6.07) is 5.99. The first-order chi connectivity index (χ1) is 14.5. The Bertz CT molecular complexity index is 731. The fourth-order valence-electron chi connectivity index (χ4n) is 4.03. The van der Waals surface area contributed by atoms with E-state index in [1.54, 1.807) is 0 Å². The highest BCUT2D eigenvalue weighted by atomic mass is 16.5. The van der Waals surface area contributed by atoms with Gasteiger partial charge in [0.25, 0.3) is 0 Å². The van der Waals surface area contributed by atoms with Gasteiger partial charge < -0.3 is 19.7 Å². The predicted molar refractivity (Wildman–Crippen MR) is 117 cm³/mol. The molecule has 0 unspecified atom stereocenters. The van der Waals surface area contributed by atoms with Crippen LogP contribution in [0.2, 0.25) is 0 Å². The lowest BCUT2D eigenvalue weighted by Gasteiger charge is -2.39. The van der Waals surface area contributed by atoms with Crippen LogP contribution in [0.3, 0.4) is 0 Å². The van der Waals surface area contributed by atoms with Crippen molar-refractivity contribution in [2.75, 3.05) is 44.3 Å². The minimum absolute atomic E-state index is 0.00385. The van der Waals surface area contributed by atoms with E-state index in [9.17, 15) is 9.59 Å². The lowest BCUT2D eigenvalue weighted by Crippen LogP contribution is -2.52. The van der Waals surface area contributed by atoms with Crippen molar-refractivity contribution in [2.45, 2.75) is 52.6 Å². The number of amides is 3. The highest BCUT2D eigenvalue weighted by molar-refractivity contribution is 5.94. The number of benzene rings is 1. The maximum absolute atomic E-state index is 13.3. The Balaban J connectivity index is 1.55. The third-order valence-corrected chi connectivity index (χ3v) is 5.88. The molecule has 7 heteroatoms. The average Bonchev–Trinajstić information content (AvgIpc) is 2.77. The zero-order valence-electron chi connectivity index (χ0n) is 18.5. The van der Waals surface area contributed by atoms with Crippen molar-refractivity contribution in [2.24, 2.45) is 5.92 Å². The van der Waals surface area contributed by atoms with E-state index in [-0.39, 0.29) is 24.0 Å². The molecular formula is C23H35N3O4. The Kier molecular flexibility index (Phi) is 7.96. The van der Waals surface area contributed by atoms with Crippen molar-refractivity contribution in [3.05, 3.63) is 23.8 Å². The number of urea groups is 1. The molecule has 0 aliphatic carbocycles. The number of rotatable bonds is 7. The molecule has 0 radical (unpaired) electrons. The van der Waals surface area contributed by atoms with Crippen LogP contribution in [0.4, 0.5) is 10.5 Å². The Labute approximate surface area is 179 Å². The number of nitrogens with zero attached hydrogens (tertiary/aromatic N) is 2. The van der Waals surface area contributed by atoms with Gasteiger partial charge in [-0.05, 0) is 57.2 Å². The maximum Gasteiger partial charge on any atom is 0.324 e. The second-order valence-corrected chi connectivity index (χ2v) is 8.12. The molecule has 0 bridgehead atoms. The Morgan fingerprint density at radius 2 is 2.00 bits per heavy atom. The van der Waals surface area contributed by atoms with Crippen LogP contribution in [-0.2, 0) is 9.53 Å². The molecule has 3 rings (SSSR count). The van der Waals surface area contributed by atoms with E-state index in [1.165, 1.54) is 0 Å².